The molecule has 134 valence electrons. The van der Waals surface area contributed by atoms with Crippen molar-refractivity contribution in [2.75, 3.05) is 38.5 Å². The molecule has 2 amide bonds. The van der Waals surface area contributed by atoms with Crippen molar-refractivity contribution in [3.8, 4) is 0 Å². The molecular weight excluding hydrogens is 339 g/mol. The molecule has 0 aliphatic carbocycles. The highest BCUT2D eigenvalue weighted by molar-refractivity contribution is 7.99. The number of amides is 2. The molecule has 0 saturated carbocycles. The normalized spacial score (nSPS) is 18.5. The Morgan fingerprint density at radius 1 is 1.25 bits per heavy atom. The third kappa shape index (κ3) is 7.44. The Kier molecular flexibility index (Phi) is 7.23. The summed E-state index contributed by atoms with van der Waals surface area (Å²) in [5.41, 5.74) is 0. The van der Waals surface area contributed by atoms with Crippen LogP contribution in [0.4, 0.5) is 18.0 Å². The molecule has 2 N–H and O–H groups in total. The van der Waals surface area contributed by atoms with Crippen LogP contribution in [-0.2, 0) is 0 Å². The van der Waals surface area contributed by atoms with E-state index in [4.69, 9.17) is 0 Å². The van der Waals surface area contributed by atoms with Gasteiger partial charge >= 0.3 is 12.2 Å². The third-order valence-electron chi connectivity index (χ3n) is 3.72. The number of hydrogen-bond acceptors (Lipinski definition) is 3. The first kappa shape index (κ1) is 18.9. The van der Waals surface area contributed by atoms with E-state index in [1.807, 2.05) is 30.3 Å². The zero-order chi connectivity index (χ0) is 17.4. The maximum Gasteiger partial charge on any atom is 0.401 e. The van der Waals surface area contributed by atoms with Crippen LogP contribution in [0.5, 0.6) is 0 Å². The Morgan fingerprint density at radius 2 is 2.00 bits per heavy atom. The highest BCUT2D eigenvalue weighted by Gasteiger charge is 2.34. The van der Waals surface area contributed by atoms with Crippen molar-refractivity contribution in [1.29, 1.82) is 0 Å². The lowest BCUT2D eigenvalue weighted by molar-refractivity contribution is -0.143. The van der Waals surface area contributed by atoms with Crippen LogP contribution in [0.1, 0.15) is 6.42 Å². The number of urea groups is 1. The van der Waals surface area contributed by atoms with E-state index in [2.05, 4.69) is 10.6 Å². The van der Waals surface area contributed by atoms with Gasteiger partial charge in [-0.3, -0.25) is 4.90 Å². The molecule has 0 spiro atoms. The smallest absolute Gasteiger partial charge is 0.338 e. The summed E-state index contributed by atoms with van der Waals surface area (Å²) in [6.07, 6.45) is -3.48. The second-order valence-corrected chi connectivity index (χ2v) is 6.97. The summed E-state index contributed by atoms with van der Waals surface area (Å²) in [6.45, 7) is 0.888. The summed E-state index contributed by atoms with van der Waals surface area (Å²) in [6, 6.07) is 9.64. The Bertz CT molecular complexity index is 513. The van der Waals surface area contributed by atoms with Crippen LogP contribution in [-0.4, -0.2) is 55.6 Å². The molecule has 0 bridgehead atoms. The van der Waals surface area contributed by atoms with Gasteiger partial charge in [0.25, 0.3) is 0 Å². The topological polar surface area (TPSA) is 44.4 Å². The molecule has 24 heavy (non-hydrogen) atoms. The molecule has 1 aromatic rings. The number of rotatable bonds is 7. The summed E-state index contributed by atoms with van der Waals surface area (Å²) in [5, 5.41) is 5.50. The predicted octanol–water partition coefficient (Wildman–Crippen LogP) is 2.96. The van der Waals surface area contributed by atoms with Crippen LogP contribution >= 0.6 is 11.8 Å². The average molecular weight is 361 g/mol. The molecule has 0 aromatic heterocycles. The number of carbonyl (C=O) groups is 1. The largest absolute Gasteiger partial charge is 0.401 e. The molecular formula is C16H22F3N3OS. The van der Waals surface area contributed by atoms with Crippen molar-refractivity contribution in [2.24, 2.45) is 5.92 Å². The van der Waals surface area contributed by atoms with Crippen LogP contribution in [0.25, 0.3) is 0 Å². The maximum absolute atomic E-state index is 12.3. The van der Waals surface area contributed by atoms with Gasteiger partial charge in [-0.1, -0.05) is 18.2 Å². The molecule has 2 rings (SSSR count). The van der Waals surface area contributed by atoms with E-state index in [-0.39, 0.29) is 11.9 Å². The van der Waals surface area contributed by atoms with Crippen molar-refractivity contribution in [2.45, 2.75) is 17.5 Å². The molecule has 0 radical (unpaired) electrons. The third-order valence-corrected chi connectivity index (χ3v) is 4.74. The summed E-state index contributed by atoms with van der Waals surface area (Å²) in [4.78, 5) is 14.2. The first-order chi connectivity index (χ1) is 11.4. The van der Waals surface area contributed by atoms with Gasteiger partial charge in [-0.25, -0.2) is 4.79 Å². The molecule has 1 fully saturated rings. The average Bonchev–Trinajstić information content (AvgIpc) is 2.96. The van der Waals surface area contributed by atoms with Gasteiger partial charge in [0, 0.05) is 30.3 Å². The highest BCUT2D eigenvalue weighted by Crippen LogP contribution is 2.22. The zero-order valence-corrected chi connectivity index (χ0v) is 14.1. The SMILES string of the molecule is O=C(NCCSc1ccccc1)NCC1CCN(CC(F)(F)F)C1. The van der Waals surface area contributed by atoms with Crippen molar-refractivity contribution >= 4 is 17.8 Å². The highest BCUT2D eigenvalue weighted by atomic mass is 32.2. The molecule has 1 aromatic carbocycles. The fraction of sp³-hybridized carbons (Fsp3) is 0.562. The Morgan fingerprint density at radius 3 is 2.71 bits per heavy atom. The minimum atomic E-state index is -4.16. The van der Waals surface area contributed by atoms with Crippen LogP contribution in [0, 0.1) is 5.92 Å². The molecule has 1 saturated heterocycles. The zero-order valence-electron chi connectivity index (χ0n) is 13.3. The lowest BCUT2D eigenvalue weighted by atomic mass is 10.1. The minimum absolute atomic E-state index is 0.0804. The van der Waals surface area contributed by atoms with E-state index < -0.39 is 12.7 Å². The first-order valence-corrected chi connectivity index (χ1v) is 8.89. The predicted molar refractivity (Wildman–Crippen MR) is 89.2 cm³/mol. The summed E-state index contributed by atoms with van der Waals surface area (Å²) in [7, 11) is 0. The van der Waals surface area contributed by atoms with E-state index >= 15 is 0 Å². The molecule has 1 heterocycles. The monoisotopic (exact) mass is 361 g/mol. The number of hydrogen-bond donors (Lipinski definition) is 2. The summed E-state index contributed by atoms with van der Waals surface area (Å²) < 4.78 is 37.0. The van der Waals surface area contributed by atoms with Crippen LogP contribution in [0.15, 0.2) is 35.2 Å². The number of carbonyl (C=O) groups excluding carboxylic acids is 1. The summed E-state index contributed by atoms with van der Waals surface area (Å²) >= 11 is 1.66. The molecule has 1 aliphatic rings. The van der Waals surface area contributed by atoms with Gasteiger partial charge in [0.15, 0.2) is 0 Å². The number of nitrogens with zero attached hydrogens (tertiary/aromatic N) is 1. The van der Waals surface area contributed by atoms with Crippen molar-refractivity contribution in [3.05, 3.63) is 30.3 Å². The van der Waals surface area contributed by atoms with Gasteiger partial charge in [0.1, 0.15) is 0 Å². The van der Waals surface area contributed by atoms with Crippen LogP contribution < -0.4 is 10.6 Å². The van der Waals surface area contributed by atoms with Gasteiger partial charge in [-0.15, -0.1) is 11.8 Å². The van der Waals surface area contributed by atoms with Crippen molar-refractivity contribution < 1.29 is 18.0 Å². The Labute approximate surface area is 144 Å². The first-order valence-electron chi connectivity index (χ1n) is 7.91. The van der Waals surface area contributed by atoms with Crippen molar-refractivity contribution in [3.63, 3.8) is 0 Å². The Balaban J connectivity index is 1.54. The minimum Gasteiger partial charge on any atom is -0.338 e. The van der Waals surface area contributed by atoms with E-state index in [1.54, 1.807) is 11.8 Å². The number of alkyl halides is 3. The standard InChI is InChI=1S/C16H22F3N3OS/c17-16(18,19)12-22-8-6-13(11-22)10-21-15(23)20-7-9-24-14-4-2-1-3-5-14/h1-5,13H,6-12H2,(H2,20,21,23). The molecule has 1 aliphatic heterocycles. The van der Waals surface area contributed by atoms with E-state index in [1.165, 1.54) is 4.90 Å². The molecule has 8 heteroatoms. The fourth-order valence-corrected chi connectivity index (χ4v) is 3.42. The summed E-state index contributed by atoms with van der Waals surface area (Å²) in [5.74, 6) is 0.844. The molecule has 1 atom stereocenters. The fourth-order valence-electron chi connectivity index (χ4n) is 2.63. The van der Waals surface area contributed by atoms with Gasteiger partial charge < -0.3 is 10.6 Å². The van der Waals surface area contributed by atoms with E-state index in [0.717, 1.165) is 10.6 Å². The number of likely N-dealkylation sites (tertiary alicyclic amines) is 1. The number of nitrogens with one attached hydrogen (secondary N) is 2. The lowest BCUT2D eigenvalue weighted by Crippen LogP contribution is -2.40. The van der Waals surface area contributed by atoms with Crippen LogP contribution in [0.3, 0.4) is 0 Å². The van der Waals surface area contributed by atoms with E-state index in [0.29, 0.717) is 32.6 Å². The van der Waals surface area contributed by atoms with E-state index in [9.17, 15) is 18.0 Å². The maximum atomic E-state index is 12.3. The van der Waals surface area contributed by atoms with Gasteiger partial charge in [-0.05, 0) is 31.0 Å². The van der Waals surface area contributed by atoms with Crippen molar-refractivity contribution in [1.82, 2.24) is 15.5 Å². The van der Waals surface area contributed by atoms with Crippen LogP contribution in [0.2, 0.25) is 0 Å². The lowest BCUT2D eigenvalue weighted by Gasteiger charge is -2.18. The molecule has 1 unspecified atom stereocenters. The second-order valence-electron chi connectivity index (χ2n) is 5.80. The number of thioether (sulfide) groups is 1. The van der Waals surface area contributed by atoms with Gasteiger partial charge in [0.2, 0.25) is 0 Å². The van der Waals surface area contributed by atoms with Gasteiger partial charge in [0.05, 0.1) is 6.54 Å². The van der Waals surface area contributed by atoms with Gasteiger partial charge in [-0.2, -0.15) is 13.2 Å². The molecule has 4 nitrogen and oxygen atoms in total. The number of halogens is 3. The Hall–Kier alpha value is -1.41. The second kappa shape index (κ2) is 9.17. The quantitative estimate of drug-likeness (QED) is 0.580. The number of benzene rings is 1.